The highest BCUT2D eigenvalue weighted by Gasteiger charge is 2.67. The Morgan fingerprint density at radius 3 is 2.53 bits per heavy atom. The number of ether oxygens (including phenoxy) is 1. The van der Waals surface area contributed by atoms with Crippen molar-refractivity contribution >= 4 is 18.3 Å². The molecule has 3 aliphatic rings. The number of rotatable bonds is 2. The average molecular weight is 289 g/mol. The van der Waals surface area contributed by atoms with Gasteiger partial charge >= 0.3 is 0 Å². The number of nitrogens with one attached hydrogen (secondary N) is 2. The lowest BCUT2D eigenvalue weighted by atomic mass is 9.85. The second-order valence-corrected chi connectivity index (χ2v) is 6.40. The third kappa shape index (κ3) is 2.63. The van der Waals surface area contributed by atoms with Crippen molar-refractivity contribution in [1.82, 2.24) is 10.6 Å². The molecule has 1 aliphatic carbocycles. The molecule has 2 aliphatic heterocycles. The summed E-state index contributed by atoms with van der Waals surface area (Å²) in [4.78, 5) is 12.5. The Bertz CT molecular complexity index is 338. The Morgan fingerprint density at radius 2 is 1.89 bits per heavy atom. The smallest absolute Gasteiger partial charge is 0.226 e. The Balaban J connectivity index is 0.00000133. The molecule has 1 atom stereocenters. The molecule has 0 aromatic rings. The van der Waals surface area contributed by atoms with Gasteiger partial charge in [-0.25, -0.2) is 0 Å². The minimum atomic E-state index is -0.104. The average Bonchev–Trinajstić information content (AvgIpc) is 2.97. The molecular weight excluding hydrogens is 264 g/mol. The number of piperidine rings is 1. The maximum Gasteiger partial charge on any atom is 0.226 e. The summed E-state index contributed by atoms with van der Waals surface area (Å²) < 4.78 is 5.33. The first-order chi connectivity index (χ1) is 8.66. The summed E-state index contributed by atoms with van der Waals surface area (Å²) in [6.07, 6.45) is 5.33. The molecule has 2 heterocycles. The molecule has 110 valence electrons. The van der Waals surface area contributed by atoms with Gasteiger partial charge in [-0.1, -0.05) is 6.92 Å². The summed E-state index contributed by atoms with van der Waals surface area (Å²) in [7, 11) is 0. The van der Waals surface area contributed by atoms with Gasteiger partial charge in [0.15, 0.2) is 0 Å². The summed E-state index contributed by atoms with van der Waals surface area (Å²) in [6, 6.07) is 0.336. The van der Waals surface area contributed by atoms with Crippen molar-refractivity contribution in [3.8, 4) is 0 Å². The molecule has 3 fully saturated rings. The lowest BCUT2D eigenvalue weighted by molar-refractivity contribution is -0.128. The zero-order valence-electron chi connectivity index (χ0n) is 11.7. The lowest BCUT2D eigenvalue weighted by Crippen LogP contribution is -2.44. The first kappa shape index (κ1) is 15.1. The van der Waals surface area contributed by atoms with E-state index in [4.69, 9.17) is 4.74 Å². The number of halogens is 1. The molecule has 1 saturated carbocycles. The molecule has 1 unspecified atom stereocenters. The van der Waals surface area contributed by atoms with Gasteiger partial charge in [-0.3, -0.25) is 4.79 Å². The van der Waals surface area contributed by atoms with E-state index in [9.17, 15) is 4.79 Å². The summed E-state index contributed by atoms with van der Waals surface area (Å²) in [5.41, 5.74) is 0.195. The van der Waals surface area contributed by atoms with Gasteiger partial charge in [0.1, 0.15) is 0 Å². The Kier molecular flexibility index (Phi) is 4.43. The van der Waals surface area contributed by atoms with Crippen molar-refractivity contribution in [2.75, 3.05) is 26.3 Å². The second kappa shape index (κ2) is 5.58. The third-order valence-corrected chi connectivity index (χ3v) is 5.36. The van der Waals surface area contributed by atoms with Crippen LogP contribution in [0.4, 0.5) is 0 Å². The number of amides is 1. The van der Waals surface area contributed by atoms with Crippen molar-refractivity contribution < 1.29 is 9.53 Å². The number of carbonyl (C=O) groups is 1. The van der Waals surface area contributed by atoms with E-state index in [1.807, 2.05) is 0 Å². The molecule has 0 aromatic heterocycles. The van der Waals surface area contributed by atoms with Crippen LogP contribution in [0.2, 0.25) is 0 Å². The fraction of sp³-hybridized carbons (Fsp3) is 0.929. The van der Waals surface area contributed by atoms with Crippen LogP contribution < -0.4 is 10.6 Å². The monoisotopic (exact) mass is 288 g/mol. The molecule has 4 nitrogen and oxygen atoms in total. The molecule has 5 heteroatoms. The summed E-state index contributed by atoms with van der Waals surface area (Å²) >= 11 is 0. The third-order valence-electron chi connectivity index (χ3n) is 5.36. The minimum absolute atomic E-state index is 0. The molecule has 19 heavy (non-hydrogen) atoms. The standard InChI is InChI=1S/C14H24N2O2.ClH/c1-13(10-14(13)4-6-15-7-5-14)12(17)16-11-2-8-18-9-3-11;/h11,15H,2-10H2,1H3,(H,16,17);1H. The highest BCUT2D eigenvalue weighted by molar-refractivity contribution is 5.87. The maximum absolute atomic E-state index is 12.5. The second-order valence-electron chi connectivity index (χ2n) is 6.40. The predicted octanol–water partition coefficient (Wildman–Crippen LogP) is 1.48. The first-order valence-electron chi connectivity index (χ1n) is 7.26. The van der Waals surface area contributed by atoms with E-state index in [0.29, 0.717) is 11.5 Å². The van der Waals surface area contributed by atoms with E-state index in [-0.39, 0.29) is 23.7 Å². The van der Waals surface area contributed by atoms with Gasteiger partial charge in [0.05, 0.1) is 5.41 Å². The Morgan fingerprint density at radius 1 is 1.26 bits per heavy atom. The van der Waals surface area contributed by atoms with Crippen molar-refractivity contribution in [3.05, 3.63) is 0 Å². The topological polar surface area (TPSA) is 50.4 Å². The predicted molar refractivity (Wildman–Crippen MR) is 76.5 cm³/mol. The SMILES string of the molecule is CC1(C(=O)NC2CCOCC2)CC12CCNCC2.Cl. The van der Waals surface area contributed by atoms with Gasteiger partial charge in [-0.2, -0.15) is 0 Å². The van der Waals surface area contributed by atoms with Gasteiger partial charge in [-0.15, -0.1) is 12.4 Å². The van der Waals surface area contributed by atoms with E-state index >= 15 is 0 Å². The van der Waals surface area contributed by atoms with Crippen molar-refractivity contribution in [1.29, 1.82) is 0 Å². The van der Waals surface area contributed by atoms with Crippen LogP contribution in [-0.4, -0.2) is 38.3 Å². The van der Waals surface area contributed by atoms with Crippen molar-refractivity contribution in [2.24, 2.45) is 10.8 Å². The number of carbonyl (C=O) groups excluding carboxylic acids is 1. The summed E-state index contributed by atoms with van der Waals surface area (Å²) in [5, 5.41) is 6.64. The van der Waals surface area contributed by atoms with E-state index in [1.165, 1.54) is 0 Å². The zero-order valence-corrected chi connectivity index (χ0v) is 12.5. The van der Waals surface area contributed by atoms with E-state index in [1.54, 1.807) is 0 Å². The lowest BCUT2D eigenvalue weighted by Gasteiger charge is -2.29. The summed E-state index contributed by atoms with van der Waals surface area (Å²) in [6.45, 7) is 5.88. The van der Waals surface area contributed by atoms with Crippen LogP contribution in [0.1, 0.15) is 39.0 Å². The number of hydrogen-bond acceptors (Lipinski definition) is 3. The normalized spacial score (nSPS) is 33.5. The highest BCUT2D eigenvalue weighted by atomic mass is 35.5. The molecule has 2 N–H and O–H groups in total. The quantitative estimate of drug-likeness (QED) is 0.809. The summed E-state index contributed by atoms with van der Waals surface area (Å²) in [5.74, 6) is 0.288. The van der Waals surface area contributed by atoms with E-state index in [0.717, 1.165) is 58.4 Å². The molecule has 1 amide bonds. The fourth-order valence-electron chi connectivity index (χ4n) is 3.77. The van der Waals surface area contributed by atoms with E-state index in [2.05, 4.69) is 17.6 Å². The molecule has 1 spiro atoms. The van der Waals surface area contributed by atoms with Gasteiger partial charge in [0, 0.05) is 19.3 Å². The van der Waals surface area contributed by atoms with E-state index < -0.39 is 0 Å². The van der Waals surface area contributed by atoms with Crippen LogP contribution in [0.3, 0.4) is 0 Å². The van der Waals surface area contributed by atoms with Crippen molar-refractivity contribution in [3.63, 3.8) is 0 Å². The van der Waals surface area contributed by atoms with Crippen LogP contribution >= 0.6 is 12.4 Å². The van der Waals surface area contributed by atoms with Crippen LogP contribution in [0.5, 0.6) is 0 Å². The molecule has 0 radical (unpaired) electrons. The van der Waals surface area contributed by atoms with Gasteiger partial charge in [-0.05, 0) is 50.6 Å². The molecular formula is C14H25ClN2O2. The zero-order chi connectivity index (χ0) is 12.6. The van der Waals surface area contributed by atoms with Gasteiger partial charge < -0.3 is 15.4 Å². The Labute approximate surface area is 121 Å². The van der Waals surface area contributed by atoms with Crippen LogP contribution in [0, 0.1) is 10.8 Å². The fourth-order valence-corrected chi connectivity index (χ4v) is 3.77. The number of hydrogen-bond donors (Lipinski definition) is 2. The Hall–Kier alpha value is -0.320. The molecule has 0 bridgehead atoms. The minimum Gasteiger partial charge on any atom is -0.381 e. The largest absolute Gasteiger partial charge is 0.381 e. The molecule has 3 rings (SSSR count). The highest BCUT2D eigenvalue weighted by Crippen LogP contribution is 2.68. The first-order valence-corrected chi connectivity index (χ1v) is 7.26. The molecule has 2 saturated heterocycles. The van der Waals surface area contributed by atoms with Crippen LogP contribution in [-0.2, 0) is 9.53 Å². The molecule has 0 aromatic carbocycles. The van der Waals surface area contributed by atoms with Gasteiger partial charge in [0.2, 0.25) is 5.91 Å². The van der Waals surface area contributed by atoms with Crippen LogP contribution in [0.15, 0.2) is 0 Å². The van der Waals surface area contributed by atoms with Crippen LogP contribution in [0.25, 0.3) is 0 Å². The maximum atomic E-state index is 12.5. The van der Waals surface area contributed by atoms with Crippen molar-refractivity contribution in [2.45, 2.75) is 45.1 Å². The van der Waals surface area contributed by atoms with Gasteiger partial charge in [0.25, 0.3) is 0 Å².